The molecular formula is C15H16F3N3OS. The molecule has 4 nitrogen and oxygen atoms in total. The number of nitrogens with one attached hydrogen (secondary N) is 1. The predicted molar refractivity (Wildman–Crippen MR) is 81.3 cm³/mol. The SMILES string of the molecule is CC[C@@H](NC(=O)c1ccc(C)nc1C)c1nc(C(F)(F)F)cs1. The number of thiazole rings is 1. The maximum Gasteiger partial charge on any atom is 0.434 e. The molecule has 1 amide bonds. The summed E-state index contributed by atoms with van der Waals surface area (Å²) < 4.78 is 37.9. The third kappa shape index (κ3) is 4.07. The van der Waals surface area contributed by atoms with Crippen molar-refractivity contribution in [2.24, 2.45) is 0 Å². The fraction of sp³-hybridized carbons (Fsp3) is 0.400. The van der Waals surface area contributed by atoms with Gasteiger partial charge in [-0.25, -0.2) is 4.98 Å². The van der Waals surface area contributed by atoms with Crippen molar-refractivity contribution in [2.75, 3.05) is 0 Å². The van der Waals surface area contributed by atoms with Crippen LogP contribution in [0.1, 0.15) is 51.8 Å². The standard InChI is InChI=1S/C15H16F3N3OS/c1-4-11(14-21-12(7-23-14)15(16,17)18)20-13(22)10-6-5-8(2)19-9(10)3/h5-7,11H,4H2,1-3H3,(H,20,22)/t11-/m1/s1. The summed E-state index contributed by atoms with van der Waals surface area (Å²) in [5.41, 5.74) is 0.841. The molecule has 0 bridgehead atoms. The number of nitrogens with zero attached hydrogens (tertiary/aromatic N) is 2. The first-order valence-corrected chi connectivity index (χ1v) is 7.88. The first-order valence-electron chi connectivity index (χ1n) is 7.00. The minimum Gasteiger partial charge on any atom is -0.343 e. The van der Waals surface area contributed by atoms with Gasteiger partial charge >= 0.3 is 6.18 Å². The average molecular weight is 343 g/mol. The summed E-state index contributed by atoms with van der Waals surface area (Å²) in [5.74, 6) is -0.370. The van der Waals surface area contributed by atoms with Crippen LogP contribution >= 0.6 is 11.3 Å². The van der Waals surface area contributed by atoms with Crippen molar-refractivity contribution in [1.29, 1.82) is 0 Å². The zero-order valence-electron chi connectivity index (χ0n) is 12.9. The van der Waals surface area contributed by atoms with E-state index in [1.54, 1.807) is 26.0 Å². The molecule has 0 aromatic carbocycles. The zero-order valence-corrected chi connectivity index (χ0v) is 13.7. The van der Waals surface area contributed by atoms with Gasteiger partial charge in [0.15, 0.2) is 5.69 Å². The minimum absolute atomic E-state index is 0.242. The Balaban J connectivity index is 2.19. The highest BCUT2D eigenvalue weighted by Crippen LogP contribution is 2.32. The van der Waals surface area contributed by atoms with Gasteiger partial charge in [-0.3, -0.25) is 9.78 Å². The van der Waals surface area contributed by atoms with Gasteiger partial charge < -0.3 is 5.32 Å². The average Bonchev–Trinajstić information content (AvgIpc) is 2.94. The van der Waals surface area contributed by atoms with E-state index < -0.39 is 17.9 Å². The van der Waals surface area contributed by atoms with Crippen molar-refractivity contribution in [2.45, 2.75) is 39.4 Å². The normalized spacial score (nSPS) is 13.0. The Morgan fingerprint density at radius 2 is 2.00 bits per heavy atom. The lowest BCUT2D eigenvalue weighted by Crippen LogP contribution is -2.29. The third-order valence-corrected chi connectivity index (χ3v) is 4.25. The first-order chi connectivity index (χ1) is 10.7. The highest BCUT2D eigenvalue weighted by Gasteiger charge is 2.34. The molecule has 2 aromatic heterocycles. The number of amides is 1. The summed E-state index contributed by atoms with van der Waals surface area (Å²) in [5, 5.41) is 3.93. The van der Waals surface area contributed by atoms with E-state index >= 15 is 0 Å². The van der Waals surface area contributed by atoms with Crippen LogP contribution in [0.4, 0.5) is 13.2 Å². The van der Waals surface area contributed by atoms with Crippen LogP contribution in [-0.2, 0) is 6.18 Å². The van der Waals surface area contributed by atoms with Crippen LogP contribution in [0.15, 0.2) is 17.5 Å². The maximum absolute atomic E-state index is 12.6. The summed E-state index contributed by atoms with van der Waals surface area (Å²) in [6.07, 6.45) is -4.04. The van der Waals surface area contributed by atoms with E-state index in [1.807, 2.05) is 6.92 Å². The maximum atomic E-state index is 12.6. The zero-order chi connectivity index (χ0) is 17.2. The van der Waals surface area contributed by atoms with E-state index in [1.165, 1.54) is 0 Å². The molecule has 0 saturated carbocycles. The molecule has 0 aliphatic carbocycles. The van der Waals surface area contributed by atoms with Crippen LogP contribution in [0.3, 0.4) is 0 Å². The van der Waals surface area contributed by atoms with E-state index in [0.29, 0.717) is 17.7 Å². The molecule has 0 fully saturated rings. The molecule has 0 spiro atoms. The fourth-order valence-electron chi connectivity index (χ4n) is 2.08. The number of hydrogen-bond acceptors (Lipinski definition) is 4. The molecule has 1 N–H and O–H groups in total. The number of carbonyl (C=O) groups excluding carboxylic acids is 1. The molecule has 0 aliphatic heterocycles. The molecule has 0 radical (unpaired) electrons. The Labute approximate surface area is 135 Å². The number of carbonyl (C=O) groups is 1. The number of pyridine rings is 1. The molecule has 1 atom stereocenters. The fourth-order valence-corrected chi connectivity index (χ4v) is 3.04. The van der Waals surface area contributed by atoms with Gasteiger partial charge in [-0.2, -0.15) is 13.2 Å². The molecular weight excluding hydrogens is 327 g/mol. The van der Waals surface area contributed by atoms with E-state index in [0.717, 1.165) is 22.4 Å². The largest absolute Gasteiger partial charge is 0.434 e. The van der Waals surface area contributed by atoms with E-state index in [4.69, 9.17) is 0 Å². The molecule has 8 heteroatoms. The number of halogens is 3. The number of hydrogen-bond donors (Lipinski definition) is 1. The van der Waals surface area contributed by atoms with E-state index in [2.05, 4.69) is 15.3 Å². The Hall–Kier alpha value is -1.96. The van der Waals surface area contributed by atoms with Crippen LogP contribution in [-0.4, -0.2) is 15.9 Å². The summed E-state index contributed by atoms with van der Waals surface area (Å²) in [4.78, 5) is 20.1. The van der Waals surface area contributed by atoms with Gasteiger partial charge in [0.25, 0.3) is 5.91 Å². The smallest absolute Gasteiger partial charge is 0.343 e. The lowest BCUT2D eigenvalue weighted by atomic mass is 10.1. The van der Waals surface area contributed by atoms with Crippen molar-refractivity contribution in [1.82, 2.24) is 15.3 Å². The lowest BCUT2D eigenvalue weighted by Gasteiger charge is -2.15. The van der Waals surface area contributed by atoms with Gasteiger partial charge in [0.2, 0.25) is 0 Å². The van der Waals surface area contributed by atoms with Crippen LogP contribution in [0.5, 0.6) is 0 Å². The van der Waals surface area contributed by atoms with Crippen molar-refractivity contribution in [3.05, 3.63) is 45.2 Å². The monoisotopic (exact) mass is 343 g/mol. The topological polar surface area (TPSA) is 54.9 Å². The lowest BCUT2D eigenvalue weighted by molar-refractivity contribution is -0.140. The number of aromatic nitrogens is 2. The second-order valence-electron chi connectivity index (χ2n) is 5.09. The van der Waals surface area contributed by atoms with E-state index in [-0.39, 0.29) is 10.9 Å². The van der Waals surface area contributed by atoms with Crippen LogP contribution in [0.2, 0.25) is 0 Å². The van der Waals surface area contributed by atoms with Crippen LogP contribution in [0, 0.1) is 13.8 Å². The summed E-state index contributed by atoms with van der Waals surface area (Å²) in [7, 11) is 0. The van der Waals surface area contributed by atoms with Crippen molar-refractivity contribution >= 4 is 17.2 Å². The van der Waals surface area contributed by atoms with Crippen molar-refractivity contribution in [3.63, 3.8) is 0 Å². The van der Waals surface area contributed by atoms with Gasteiger partial charge in [-0.1, -0.05) is 6.92 Å². The third-order valence-electron chi connectivity index (χ3n) is 3.29. The molecule has 0 saturated heterocycles. The molecule has 0 unspecified atom stereocenters. The van der Waals surface area contributed by atoms with Gasteiger partial charge in [-0.05, 0) is 32.4 Å². The van der Waals surface area contributed by atoms with Gasteiger partial charge in [-0.15, -0.1) is 11.3 Å². The van der Waals surface area contributed by atoms with Gasteiger partial charge in [0.1, 0.15) is 5.01 Å². The number of alkyl halides is 3. The Bertz CT molecular complexity index is 712. The number of rotatable bonds is 4. The molecule has 2 heterocycles. The Morgan fingerprint density at radius 3 is 2.52 bits per heavy atom. The Morgan fingerprint density at radius 1 is 1.30 bits per heavy atom. The minimum atomic E-state index is -4.48. The summed E-state index contributed by atoms with van der Waals surface area (Å²) in [6.45, 7) is 5.31. The summed E-state index contributed by atoms with van der Waals surface area (Å²) in [6, 6.07) is 2.81. The first kappa shape index (κ1) is 17.4. The molecule has 124 valence electrons. The second-order valence-corrected chi connectivity index (χ2v) is 5.98. The quantitative estimate of drug-likeness (QED) is 0.911. The molecule has 0 aliphatic rings. The van der Waals surface area contributed by atoms with Crippen LogP contribution in [0.25, 0.3) is 0 Å². The highest BCUT2D eigenvalue weighted by atomic mass is 32.1. The Kier molecular flexibility index (Phi) is 5.03. The molecule has 2 rings (SSSR count). The van der Waals surface area contributed by atoms with Crippen molar-refractivity contribution in [3.8, 4) is 0 Å². The summed E-state index contributed by atoms with van der Waals surface area (Å²) >= 11 is 0.891. The highest BCUT2D eigenvalue weighted by molar-refractivity contribution is 7.09. The molecule has 23 heavy (non-hydrogen) atoms. The number of aryl methyl sites for hydroxylation is 2. The van der Waals surface area contributed by atoms with E-state index in [9.17, 15) is 18.0 Å². The predicted octanol–water partition coefficient (Wildman–Crippen LogP) is 4.05. The molecule has 2 aromatic rings. The van der Waals surface area contributed by atoms with Gasteiger partial charge in [0, 0.05) is 11.1 Å². The van der Waals surface area contributed by atoms with Crippen LogP contribution < -0.4 is 5.32 Å². The second kappa shape index (κ2) is 6.66. The van der Waals surface area contributed by atoms with Crippen molar-refractivity contribution < 1.29 is 18.0 Å². The van der Waals surface area contributed by atoms with Gasteiger partial charge in [0.05, 0.1) is 17.3 Å².